The topological polar surface area (TPSA) is 90.8 Å². The van der Waals surface area contributed by atoms with Gasteiger partial charge in [-0.1, -0.05) is 0 Å². The van der Waals surface area contributed by atoms with Crippen molar-refractivity contribution in [2.24, 2.45) is 0 Å². The minimum absolute atomic E-state index is 0.0406. The summed E-state index contributed by atoms with van der Waals surface area (Å²) in [5.74, 6) is -0.742. The Morgan fingerprint density at radius 2 is 2.00 bits per heavy atom. The zero-order valence-corrected chi connectivity index (χ0v) is 13.0. The first-order valence-corrected chi connectivity index (χ1v) is 9.02. The molecule has 1 aromatic rings. The molecule has 2 fully saturated rings. The van der Waals surface area contributed by atoms with Gasteiger partial charge in [0, 0.05) is 38.1 Å². The summed E-state index contributed by atoms with van der Waals surface area (Å²) in [6.07, 6.45) is 5.09. The average Bonchev–Trinajstić information content (AvgIpc) is 2.87. The van der Waals surface area contributed by atoms with Crippen LogP contribution in [0.5, 0.6) is 0 Å². The van der Waals surface area contributed by atoms with E-state index in [4.69, 9.17) is 0 Å². The second kappa shape index (κ2) is 5.85. The van der Waals surface area contributed by atoms with Crippen molar-refractivity contribution in [2.75, 3.05) is 30.3 Å². The van der Waals surface area contributed by atoms with Gasteiger partial charge in [0.2, 0.25) is 10.0 Å². The third kappa shape index (κ3) is 2.80. The number of aromatic carboxylic acids is 1. The summed E-state index contributed by atoms with van der Waals surface area (Å²) in [6.45, 7) is 1.92. The molecule has 0 unspecified atom stereocenters. The number of aromatic nitrogens is 1. The molecule has 8 heteroatoms. The van der Waals surface area contributed by atoms with Crippen LogP contribution >= 0.6 is 0 Å². The fourth-order valence-electron chi connectivity index (χ4n) is 3.29. The maximum Gasteiger partial charge on any atom is 0.339 e. The summed E-state index contributed by atoms with van der Waals surface area (Å²) >= 11 is 0. The zero-order valence-electron chi connectivity index (χ0n) is 12.2. The number of pyridine rings is 1. The second-order valence-electron chi connectivity index (χ2n) is 5.70. The molecule has 2 aliphatic rings. The van der Waals surface area contributed by atoms with Crippen LogP contribution in [-0.4, -0.2) is 60.2 Å². The number of rotatable bonds is 3. The molecule has 0 aliphatic carbocycles. The van der Waals surface area contributed by atoms with Gasteiger partial charge in [-0.05, 0) is 25.3 Å². The smallest absolute Gasteiger partial charge is 0.339 e. The van der Waals surface area contributed by atoms with Crippen LogP contribution < -0.4 is 4.90 Å². The standard InChI is InChI=1S/C14H19N3O4S/c18-14(19)12-10-15-5-2-13(12)16-7-3-11(4-8-16)17-6-1-9-22(17,20)21/h2,5,10-11H,1,3-4,6-9H2,(H,18,19). The number of piperidine rings is 1. The maximum atomic E-state index is 12.0. The monoisotopic (exact) mass is 325 g/mol. The lowest BCUT2D eigenvalue weighted by Crippen LogP contribution is -2.45. The summed E-state index contributed by atoms with van der Waals surface area (Å²) < 4.78 is 25.6. The van der Waals surface area contributed by atoms with Crippen LogP contribution in [0, 0.1) is 0 Å². The van der Waals surface area contributed by atoms with Crippen molar-refractivity contribution in [3.63, 3.8) is 0 Å². The number of hydrogen-bond donors (Lipinski definition) is 1. The molecule has 120 valence electrons. The predicted molar refractivity (Wildman–Crippen MR) is 81.5 cm³/mol. The molecule has 0 atom stereocenters. The van der Waals surface area contributed by atoms with Gasteiger partial charge in [-0.25, -0.2) is 13.2 Å². The molecular weight excluding hydrogens is 306 g/mol. The third-order valence-corrected chi connectivity index (χ3v) is 6.38. The van der Waals surface area contributed by atoms with Crippen LogP contribution in [0.3, 0.4) is 0 Å². The van der Waals surface area contributed by atoms with Crippen LogP contribution in [0.25, 0.3) is 0 Å². The van der Waals surface area contributed by atoms with Crippen LogP contribution in [0.1, 0.15) is 29.6 Å². The molecule has 0 saturated carbocycles. The summed E-state index contributed by atoms with van der Waals surface area (Å²) in [5, 5.41) is 9.24. The molecule has 2 saturated heterocycles. The largest absolute Gasteiger partial charge is 0.478 e. The first-order valence-electron chi connectivity index (χ1n) is 7.41. The quantitative estimate of drug-likeness (QED) is 0.883. The number of carboxylic acid groups (broad SMARTS) is 1. The van der Waals surface area contributed by atoms with Crippen molar-refractivity contribution >= 4 is 21.7 Å². The lowest BCUT2D eigenvalue weighted by molar-refractivity contribution is 0.0697. The number of anilines is 1. The van der Waals surface area contributed by atoms with E-state index in [0.29, 0.717) is 31.7 Å². The number of hydrogen-bond acceptors (Lipinski definition) is 5. The number of nitrogens with zero attached hydrogens (tertiary/aromatic N) is 3. The molecule has 3 rings (SSSR count). The van der Waals surface area contributed by atoms with Crippen molar-refractivity contribution in [3.8, 4) is 0 Å². The minimum atomic E-state index is -3.08. The Morgan fingerprint density at radius 1 is 1.27 bits per heavy atom. The summed E-state index contributed by atoms with van der Waals surface area (Å²) in [5.41, 5.74) is 0.847. The van der Waals surface area contributed by atoms with Crippen LogP contribution in [0.15, 0.2) is 18.5 Å². The molecular formula is C14H19N3O4S. The van der Waals surface area contributed by atoms with Gasteiger partial charge in [0.1, 0.15) is 5.56 Å². The molecule has 0 spiro atoms. The normalized spacial score (nSPS) is 22.8. The molecule has 1 N–H and O–H groups in total. The Morgan fingerprint density at radius 3 is 2.59 bits per heavy atom. The zero-order chi connectivity index (χ0) is 15.7. The van der Waals surface area contributed by atoms with E-state index in [1.165, 1.54) is 6.20 Å². The van der Waals surface area contributed by atoms with Gasteiger partial charge in [-0.3, -0.25) is 4.98 Å². The van der Waals surface area contributed by atoms with Crippen LogP contribution in [0.4, 0.5) is 5.69 Å². The number of carbonyl (C=O) groups is 1. The van der Waals surface area contributed by atoms with Gasteiger partial charge in [0.25, 0.3) is 0 Å². The summed E-state index contributed by atoms with van der Waals surface area (Å²) in [6, 6.07) is 1.75. The molecule has 0 aromatic carbocycles. The lowest BCUT2D eigenvalue weighted by atomic mass is 10.0. The molecule has 1 aromatic heterocycles. The lowest BCUT2D eigenvalue weighted by Gasteiger charge is -2.37. The molecule has 22 heavy (non-hydrogen) atoms. The molecule has 0 radical (unpaired) electrons. The van der Waals surface area contributed by atoms with Crippen LogP contribution in [-0.2, 0) is 10.0 Å². The minimum Gasteiger partial charge on any atom is -0.478 e. The van der Waals surface area contributed by atoms with E-state index in [-0.39, 0.29) is 17.4 Å². The highest BCUT2D eigenvalue weighted by atomic mass is 32.2. The highest BCUT2D eigenvalue weighted by molar-refractivity contribution is 7.89. The summed E-state index contributed by atoms with van der Waals surface area (Å²) in [7, 11) is -3.08. The Labute approximate surface area is 129 Å². The van der Waals surface area contributed by atoms with Gasteiger partial charge >= 0.3 is 5.97 Å². The SMILES string of the molecule is O=C(O)c1cnccc1N1CCC(N2CCCS2(=O)=O)CC1. The van der Waals surface area contributed by atoms with Crippen molar-refractivity contribution in [1.29, 1.82) is 0 Å². The third-order valence-electron chi connectivity index (χ3n) is 4.38. The van der Waals surface area contributed by atoms with Crippen LogP contribution in [0.2, 0.25) is 0 Å². The molecule has 7 nitrogen and oxygen atoms in total. The fraction of sp³-hybridized carbons (Fsp3) is 0.571. The summed E-state index contributed by atoms with van der Waals surface area (Å²) in [4.78, 5) is 17.1. The van der Waals surface area contributed by atoms with Crippen molar-refractivity contribution in [2.45, 2.75) is 25.3 Å². The predicted octanol–water partition coefficient (Wildman–Crippen LogP) is 0.784. The fourth-order valence-corrected chi connectivity index (χ4v) is 5.09. The molecule has 3 heterocycles. The molecule has 2 aliphatic heterocycles. The highest BCUT2D eigenvalue weighted by Crippen LogP contribution is 2.28. The molecule has 0 bridgehead atoms. The van der Waals surface area contributed by atoms with Crippen molar-refractivity contribution < 1.29 is 18.3 Å². The molecule has 0 amide bonds. The second-order valence-corrected chi connectivity index (χ2v) is 7.74. The Kier molecular flexibility index (Phi) is 4.05. The van der Waals surface area contributed by atoms with E-state index in [0.717, 1.165) is 12.8 Å². The van der Waals surface area contributed by atoms with E-state index in [2.05, 4.69) is 4.98 Å². The Balaban J connectivity index is 1.71. The van der Waals surface area contributed by atoms with E-state index in [9.17, 15) is 18.3 Å². The first kappa shape index (κ1) is 15.2. The van der Waals surface area contributed by atoms with Gasteiger partial charge in [-0.15, -0.1) is 0 Å². The van der Waals surface area contributed by atoms with E-state index in [1.54, 1.807) is 16.6 Å². The van der Waals surface area contributed by atoms with Gasteiger partial charge < -0.3 is 10.0 Å². The number of sulfonamides is 1. The van der Waals surface area contributed by atoms with Gasteiger partial charge in [0.05, 0.1) is 11.4 Å². The maximum absolute atomic E-state index is 12.0. The highest BCUT2D eigenvalue weighted by Gasteiger charge is 2.36. The van der Waals surface area contributed by atoms with Crippen molar-refractivity contribution in [3.05, 3.63) is 24.0 Å². The van der Waals surface area contributed by atoms with Gasteiger partial charge in [0.15, 0.2) is 0 Å². The van der Waals surface area contributed by atoms with E-state index >= 15 is 0 Å². The number of carboxylic acids is 1. The van der Waals surface area contributed by atoms with Crippen molar-refractivity contribution in [1.82, 2.24) is 9.29 Å². The average molecular weight is 325 g/mol. The first-order chi connectivity index (χ1) is 10.5. The Bertz CT molecular complexity index is 668. The van der Waals surface area contributed by atoms with E-state index in [1.807, 2.05) is 4.90 Å². The Hall–Kier alpha value is -1.67. The van der Waals surface area contributed by atoms with Gasteiger partial charge in [-0.2, -0.15) is 4.31 Å². The van der Waals surface area contributed by atoms with E-state index < -0.39 is 16.0 Å².